The lowest BCUT2D eigenvalue weighted by atomic mass is 10.1. The smallest absolute Gasteiger partial charge is 0.143 e. The molecule has 0 amide bonds. The van der Waals surface area contributed by atoms with Gasteiger partial charge >= 0.3 is 0 Å². The van der Waals surface area contributed by atoms with Crippen molar-refractivity contribution in [1.29, 1.82) is 0 Å². The molecule has 1 aromatic rings. The Hall–Kier alpha value is -0.820. The topological polar surface area (TPSA) is 74.7 Å². The van der Waals surface area contributed by atoms with Crippen LogP contribution in [-0.4, -0.2) is 29.6 Å². The van der Waals surface area contributed by atoms with Crippen molar-refractivity contribution in [2.24, 2.45) is 16.8 Å². The molecular formula is C10H14Br2N4O. The third-order valence-electron chi connectivity index (χ3n) is 2.32. The molecule has 1 rings (SSSR count). The highest BCUT2D eigenvalue weighted by Gasteiger charge is 2.14. The van der Waals surface area contributed by atoms with Gasteiger partial charge in [0.05, 0.1) is 4.47 Å². The van der Waals surface area contributed by atoms with Crippen LogP contribution in [0, 0.1) is 5.92 Å². The van der Waals surface area contributed by atoms with E-state index < -0.39 is 0 Å². The number of halogens is 2. The fourth-order valence-corrected chi connectivity index (χ4v) is 2.67. The van der Waals surface area contributed by atoms with Crippen molar-refractivity contribution in [2.75, 3.05) is 18.5 Å². The summed E-state index contributed by atoms with van der Waals surface area (Å²) in [6.45, 7) is 2.50. The first-order chi connectivity index (χ1) is 7.95. The Bertz CT molecular complexity index is 425. The van der Waals surface area contributed by atoms with Crippen LogP contribution in [0.2, 0.25) is 0 Å². The van der Waals surface area contributed by atoms with Crippen molar-refractivity contribution in [3.05, 3.63) is 21.2 Å². The molecule has 0 spiro atoms. The molecule has 1 atom stereocenters. The summed E-state index contributed by atoms with van der Waals surface area (Å²) in [6.07, 6.45) is 1.73. The molecule has 0 bridgehead atoms. The van der Waals surface area contributed by atoms with E-state index >= 15 is 0 Å². The molecule has 0 aliphatic heterocycles. The number of hydrogen-bond donors (Lipinski definition) is 2. The molecule has 17 heavy (non-hydrogen) atoms. The summed E-state index contributed by atoms with van der Waals surface area (Å²) in [4.78, 5) is 6.25. The number of anilines is 1. The Labute approximate surface area is 117 Å². The predicted octanol–water partition coefficient (Wildman–Crippen LogP) is 2.43. The van der Waals surface area contributed by atoms with E-state index in [2.05, 4.69) is 42.0 Å². The summed E-state index contributed by atoms with van der Waals surface area (Å²) in [7, 11) is 1.90. The van der Waals surface area contributed by atoms with Gasteiger partial charge in [-0.05, 0) is 37.9 Å². The van der Waals surface area contributed by atoms with E-state index in [1.54, 1.807) is 6.20 Å². The van der Waals surface area contributed by atoms with Gasteiger partial charge in [-0.1, -0.05) is 12.1 Å². The van der Waals surface area contributed by atoms with Crippen LogP contribution >= 0.6 is 31.9 Å². The average Bonchev–Trinajstić information content (AvgIpc) is 2.27. The fraction of sp³-hybridized carbons (Fsp3) is 0.400. The minimum Gasteiger partial charge on any atom is -0.409 e. The number of rotatable bonds is 4. The van der Waals surface area contributed by atoms with Gasteiger partial charge in [0.1, 0.15) is 11.7 Å². The highest BCUT2D eigenvalue weighted by atomic mass is 79.9. The van der Waals surface area contributed by atoms with Gasteiger partial charge in [0.25, 0.3) is 0 Å². The molecule has 1 aromatic heterocycles. The Morgan fingerprint density at radius 2 is 2.29 bits per heavy atom. The zero-order valence-electron chi connectivity index (χ0n) is 9.56. The van der Waals surface area contributed by atoms with E-state index in [0.717, 1.165) is 14.8 Å². The SMILES string of the molecule is CC(CN(C)c1ncc(Br)cc1Br)C(N)=NO. The Balaban J connectivity index is 2.79. The number of hydrogen-bond acceptors (Lipinski definition) is 4. The molecule has 0 aliphatic rings. The van der Waals surface area contributed by atoms with Gasteiger partial charge in [-0.15, -0.1) is 0 Å². The quantitative estimate of drug-likeness (QED) is 0.372. The van der Waals surface area contributed by atoms with Crippen LogP contribution in [-0.2, 0) is 0 Å². The van der Waals surface area contributed by atoms with Gasteiger partial charge in [0.2, 0.25) is 0 Å². The predicted molar refractivity (Wildman–Crippen MR) is 75.5 cm³/mol. The third kappa shape index (κ3) is 3.85. The van der Waals surface area contributed by atoms with E-state index in [0.29, 0.717) is 6.54 Å². The first kappa shape index (κ1) is 14.2. The summed E-state index contributed by atoms with van der Waals surface area (Å²) in [5.41, 5.74) is 5.54. The molecule has 0 radical (unpaired) electrons. The first-order valence-electron chi connectivity index (χ1n) is 4.95. The monoisotopic (exact) mass is 364 g/mol. The van der Waals surface area contributed by atoms with Gasteiger partial charge in [-0.25, -0.2) is 4.98 Å². The largest absolute Gasteiger partial charge is 0.409 e. The molecule has 0 aliphatic carbocycles. The minimum absolute atomic E-state index is 0.0534. The van der Waals surface area contributed by atoms with Crippen LogP contribution in [0.5, 0.6) is 0 Å². The molecule has 0 fully saturated rings. The van der Waals surface area contributed by atoms with Crippen molar-refractivity contribution >= 4 is 43.5 Å². The highest BCUT2D eigenvalue weighted by Crippen LogP contribution is 2.26. The maximum absolute atomic E-state index is 8.59. The van der Waals surface area contributed by atoms with E-state index in [4.69, 9.17) is 10.9 Å². The Kier molecular flexibility index (Phi) is 5.20. The number of pyridine rings is 1. The molecule has 0 saturated carbocycles. The standard InChI is InChI=1S/C10H14Br2N4O/c1-6(9(13)15-17)5-16(2)10-8(12)3-7(11)4-14-10/h3-4,6,17H,5H2,1-2H3,(H2,13,15). The molecular weight excluding hydrogens is 352 g/mol. The summed E-state index contributed by atoms with van der Waals surface area (Å²) in [5.74, 6) is 0.971. The van der Waals surface area contributed by atoms with E-state index in [1.165, 1.54) is 0 Å². The summed E-state index contributed by atoms with van der Waals surface area (Å²) < 4.78 is 1.80. The second-order valence-electron chi connectivity index (χ2n) is 3.77. The van der Waals surface area contributed by atoms with Gasteiger partial charge in [0.15, 0.2) is 0 Å². The first-order valence-corrected chi connectivity index (χ1v) is 6.54. The van der Waals surface area contributed by atoms with Crippen LogP contribution in [0.1, 0.15) is 6.92 Å². The minimum atomic E-state index is -0.0534. The maximum atomic E-state index is 8.59. The number of nitrogens with two attached hydrogens (primary N) is 1. The third-order valence-corrected chi connectivity index (χ3v) is 3.34. The Morgan fingerprint density at radius 3 is 2.82 bits per heavy atom. The highest BCUT2D eigenvalue weighted by molar-refractivity contribution is 9.11. The zero-order chi connectivity index (χ0) is 13.0. The second kappa shape index (κ2) is 6.20. The van der Waals surface area contributed by atoms with Gasteiger partial charge in [-0.3, -0.25) is 0 Å². The van der Waals surface area contributed by atoms with Crippen LogP contribution < -0.4 is 10.6 Å². The van der Waals surface area contributed by atoms with E-state index in [-0.39, 0.29) is 11.8 Å². The normalized spacial score (nSPS) is 13.5. The molecule has 7 heteroatoms. The van der Waals surface area contributed by atoms with Gasteiger partial charge in [-0.2, -0.15) is 0 Å². The summed E-state index contributed by atoms with van der Waals surface area (Å²) >= 11 is 6.79. The second-order valence-corrected chi connectivity index (χ2v) is 5.54. The maximum Gasteiger partial charge on any atom is 0.143 e. The molecule has 1 unspecified atom stereocenters. The van der Waals surface area contributed by atoms with Crippen molar-refractivity contribution in [1.82, 2.24) is 4.98 Å². The summed E-state index contributed by atoms with van der Waals surface area (Å²) in [6, 6.07) is 1.92. The molecule has 94 valence electrons. The van der Waals surface area contributed by atoms with Crippen LogP contribution in [0.25, 0.3) is 0 Å². The van der Waals surface area contributed by atoms with Crippen molar-refractivity contribution in [3.63, 3.8) is 0 Å². The number of oxime groups is 1. The van der Waals surface area contributed by atoms with Gasteiger partial charge < -0.3 is 15.8 Å². The van der Waals surface area contributed by atoms with E-state index in [1.807, 2.05) is 24.9 Å². The van der Waals surface area contributed by atoms with Crippen molar-refractivity contribution in [2.45, 2.75) is 6.92 Å². The Morgan fingerprint density at radius 1 is 1.65 bits per heavy atom. The van der Waals surface area contributed by atoms with E-state index in [9.17, 15) is 0 Å². The van der Waals surface area contributed by atoms with Crippen LogP contribution in [0.15, 0.2) is 26.4 Å². The number of amidine groups is 1. The molecule has 0 saturated heterocycles. The summed E-state index contributed by atoms with van der Waals surface area (Å²) in [5, 5.41) is 11.6. The van der Waals surface area contributed by atoms with Gasteiger partial charge in [0, 0.05) is 30.2 Å². The molecule has 5 nitrogen and oxygen atoms in total. The number of aromatic nitrogens is 1. The lowest BCUT2D eigenvalue weighted by molar-refractivity contribution is 0.314. The fourth-order valence-electron chi connectivity index (χ4n) is 1.38. The molecule has 3 N–H and O–H groups in total. The van der Waals surface area contributed by atoms with Crippen LogP contribution in [0.3, 0.4) is 0 Å². The van der Waals surface area contributed by atoms with Crippen molar-refractivity contribution < 1.29 is 5.21 Å². The average molecular weight is 366 g/mol. The van der Waals surface area contributed by atoms with Crippen LogP contribution in [0.4, 0.5) is 5.82 Å². The molecule has 0 aromatic carbocycles. The lowest BCUT2D eigenvalue weighted by Gasteiger charge is -2.22. The zero-order valence-corrected chi connectivity index (χ0v) is 12.7. The number of nitrogens with zero attached hydrogens (tertiary/aromatic N) is 3. The lowest BCUT2D eigenvalue weighted by Crippen LogP contribution is -2.33. The molecule has 1 heterocycles. The van der Waals surface area contributed by atoms with Crippen molar-refractivity contribution in [3.8, 4) is 0 Å².